The molecule has 0 aliphatic rings. The zero-order valence-electron chi connectivity index (χ0n) is 15.6. The summed E-state index contributed by atoms with van der Waals surface area (Å²) in [6.45, 7) is 0. The van der Waals surface area contributed by atoms with Gasteiger partial charge in [-0.05, 0) is 59.0 Å². The Hall–Kier alpha value is -4.53. The van der Waals surface area contributed by atoms with Gasteiger partial charge in [0.25, 0.3) is 5.91 Å². The van der Waals surface area contributed by atoms with Crippen LogP contribution in [0.5, 0.6) is 0 Å². The molecule has 0 saturated heterocycles. The van der Waals surface area contributed by atoms with E-state index >= 15 is 0 Å². The molecule has 3 aromatic heterocycles. The molecule has 3 heterocycles. The van der Waals surface area contributed by atoms with Gasteiger partial charge in [0.15, 0.2) is 5.76 Å². The van der Waals surface area contributed by atoms with Crippen LogP contribution >= 0.6 is 0 Å². The minimum atomic E-state index is -0.292. The first-order chi connectivity index (χ1) is 14.8. The van der Waals surface area contributed by atoms with Gasteiger partial charge in [0.2, 0.25) is 0 Å². The van der Waals surface area contributed by atoms with Crippen molar-refractivity contribution >= 4 is 11.6 Å². The van der Waals surface area contributed by atoms with Crippen LogP contribution in [0, 0.1) is 0 Å². The van der Waals surface area contributed by atoms with Crippen molar-refractivity contribution < 1.29 is 9.21 Å². The molecule has 0 bridgehead atoms. The van der Waals surface area contributed by atoms with E-state index in [0.717, 1.165) is 11.4 Å². The number of anilines is 1. The number of nitrogens with one attached hydrogen (secondary N) is 1. The lowest BCUT2D eigenvalue weighted by atomic mass is 10.2. The molecule has 0 spiro atoms. The number of hydrogen-bond acceptors (Lipinski definition) is 6. The maximum atomic E-state index is 13.1. The third-order valence-electron chi connectivity index (χ3n) is 4.46. The molecule has 30 heavy (non-hydrogen) atoms. The number of benzene rings is 2. The molecular formula is C21H15N7O2. The summed E-state index contributed by atoms with van der Waals surface area (Å²) in [7, 11) is 0. The van der Waals surface area contributed by atoms with Crippen LogP contribution in [0.3, 0.4) is 0 Å². The Labute approximate surface area is 170 Å². The quantitative estimate of drug-likeness (QED) is 0.488. The second-order valence-corrected chi connectivity index (χ2v) is 6.39. The average Bonchev–Trinajstić information content (AvgIpc) is 3.56. The molecule has 0 radical (unpaired) electrons. The highest BCUT2D eigenvalue weighted by atomic mass is 16.3. The van der Waals surface area contributed by atoms with E-state index in [9.17, 15) is 4.79 Å². The van der Waals surface area contributed by atoms with Crippen LogP contribution in [0.2, 0.25) is 0 Å². The maximum Gasteiger partial charge on any atom is 0.274 e. The predicted molar refractivity (Wildman–Crippen MR) is 108 cm³/mol. The van der Waals surface area contributed by atoms with Crippen LogP contribution in [0.25, 0.3) is 22.8 Å². The fraction of sp³-hybridized carbons (Fsp3) is 0. The average molecular weight is 397 g/mol. The molecular weight excluding hydrogens is 382 g/mol. The van der Waals surface area contributed by atoms with Gasteiger partial charge in [-0.15, -0.1) is 5.10 Å². The number of aromatic nitrogens is 6. The number of hydrogen-bond donors (Lipinski definition) is 1. The molecule has 0 unspecified atom stereocenters. The monoisotopic (exact) mass is 397 g/mol. The van der Waals surface area contributed by atoms with Crippen molar-refractivity contribution in [3.8, 4) is 22.8 Å². The Bertz CT molecular complexity index is 1260. The topological polar surface area (TPSA) is 104 Å². The fourth-order valence-corrected chi connectivity index (χ4v) is 3.03. The molecule has 0 fully saturated rings. The fourth-order valence-electron chi connectivity index (χ4n) is 3.03. The number of tetrazole rings is 1. The molecule has 5 rings (SSSR count). The van der Waals surface area contributed by atoms with Crippen molar-refractivity contribution in [2.45, 2.75) is 0 Å². The van der Waals surface area contributed by atoms with Crippen LogP contribution in [0.4, 0.5) is 5.69 Å². The van der Waals surface area contributed by atoms with E-state index in [-0.39, 0.29) is 5.91 Å². The van der Waals surface area contributed by atoms with Gasteiger partial charge in [0, 0.05) is 11.8 Å². The number of nitrogens with zero attached hydrogens (tertiary/aromatic N) is 6. The van der Waals surface area contributed by atoms with E-state index < -0.39 is 0 Å². The third kappa shape index (κ3) is 3.35. The van der Waals surface area contributed by atoms with E-state index in [1.165, 1.54) is 11.0 Å². The van der Waals surface area contributed by atoms with Gasteiger partial charge < -0.3 is 9.73 Å². The second kappa shape index (κ2) is 7.47. The van der Waals surface area contributed by atoms with Gasteiger partial charge in [-0.2, -0.15) is 5.10 Å². The summed E-state index contributed by atoms with van der Waals surface area (Å²) in [4.78, 5) is 13.1. The van der Waals surface area contributed by atoms with Gasteiger partial charge in [0.1, 0.15) is 17.7 Å². The molecule has 146 valence electrons. The predicted octanol–water partition coefficient (Wildman–Crippen LogP) is 3.36. The Morgan fingerprint density at radius 2 is 1.77 bits per heavy atom. The molecule has 1 amide bonds. The van der Waals surface area contributed by atoms with Gasteiger partial charge in [-0.25, -0.2) is 9.36 Å². The van der Waals surface area contributed by atoms with E-state index in [0.29, 0.717) is 22.8 Å². The molecule has 9 heteroatoms. The number of furan rings is 1. The molecule has 0 aliphatic heterocycles. The van der Waals surface area contributed by atoms with Crippen LogP contribution in [0.1, 0.15) is 10.5 Å². The molecule has 0 saturated carbocycles. The summed E-state index contributed by atoms with van der Waals surface area (Å²) in [5, 5.41) is 18.6. The maximum absolute atomic E-state index is 13.1. The smallest absolute Gasteiger partial charge is 0.274 e. The van der Waals surface area contributed by atoms with Crippen LogP contribution in [0.15, 0.2) is 89.8 Å². The lowest BCUT2D eigenvalue weighted by Gasteiger charge is -2.09. The molecule has 0 atom stereocenters. The first-order valence-electron chi connectivity index (χ1n) is 9.12. The number of amides is 1. The normalized spacial score (nSPS) is 10.8. The van der Waals surface area contributed by atoms with E-state index in [2.05, 4.69) is 25.9 Å². The minimum Gasteiger partial charge on any atom is -0.463 e. The molecule has 1 N–H and O–H groups in total. The van der Waals surface area contributed by atoms with Crippen molar-refractivity contribution in [1.82, 2.24) is 30.0 Å². The van der Waals surface area contributed by atoms with Gasteiger partial charge >= 0.3 is 0 Å². The minimum absolute atomic E-state index is 0.292. The number of carbonyl (C=O) groups excluding carboxylic acids is 1. The molecule has 2 aromatic carbocycles. The largest absolute Gasteiger partial charge is 0.463 e. The van der Waals surface area contributed by atoms with Crippen LogP contribution < -0.4 is 5.32 Å². The number of carbonyl (C=O) groups is 1. The Balaban J connectivity index is 1.46. The van der Waals surface area contributed by atoms with Gasteiger partial charge in [-0.1, -0.05) is 18.2 Å². The van der Waals surface area contributed by atoms with Crippen molar-refractivity contribution in [2.75, 3.05) is 5.32 Å². The highest BCUT2D eigenvalue weighted by molar-refractivity contribution is 6.04. The Kier molecular flexibility index (Phi) is 4.37. The second-order valence-electron chi connectivity index (χ2n) is 6.39. The van der Waals surface area contributed by atoms with Crippen LogP contribution in [-0.4, -0.2) is 35.9 Å². The first-order valence-corrected chi connectivity index (χ1v) is 9.12. The summed E-state index contributed by atoms with van der Waals surface area (Å²) >= 11 is 0. The Morgan fingerprint density at radius 1 is 0.933 bits per heavy atom. The van der Waals surface area contributed by atoms with Crippen molar-refractivity contribution in [1.29, 1.82) is 0 Å². The van der Waals surface area contributed by atoms with E-state index in [4.69, 9.17) is 4.42 Å². The summed E-state index contributed by atoms with van der Waals surface area (Å²) in [5.74, 6) is 0.295. The first kappa shape index (κ1) is 17.6. The zero-order valence-corrected chi connectivity index (χ0v) is 15.6. The van der Waals surface area contributed by atoms with Crippen molar-refractivity contribution in [2.24, 2.45) is 0 Å². The molecule has 5 aromatic rings. The standard InChI is InChI=1S/C21H15N7O2/c29-21(23-15-8-10-16(11-9-15)27-14-22-25-26-27)19-13-18(20-7-4-12-30-20)24-28(19)17-5-2-1-3-6-17/h1-14H,(H,23,29). The van der Waals surface area contributed by atoms with E-state index in [1.54, 1.807) is 41.3 Å². The van der Waals surface area contributed by atoms with Gasteiger partial charge in [-0.3, -0.25) is 4.79 Å². The summed E-state index contributed by atoms with van der Waals surface area (Å²) in [6.07, 6.45) is 3.07. The van der Waals surface area contributed by atoms with Crippen molar-refractivity contribution in [3.05, 3.63) is 91.1 Å². The molecule has 9 nitrogen and oxygen atoms in total. The molecule has 0 aliphatic carbocycles. The summed E-state index contributed by atoms with van der Waals surface area (Å²) < 4.78 is 8.58. The van der Waals surface area contributed by atoms with E-state index in [1.807, 2.05) is 42.5 Å². The summed E-state index contributed by atoms with van der Waals surface area (Å²) in [6, 6.07) is 21.9. The highest BCUT2D eigenvalue weighted by Crippen LogP contribution is 2.23. The Morgan fingerprint density at radius 3 is 2.47 bits per heavy atom. The van der Waals surface area contributed by atoms with Crippen molar-refractivity contribution in [3.63, 3.8) is 0 Å². The van der Waals surface area contributed by atoms with Gasteiger partial charge in [0.05, 0.1) is 17.6 Å². The SMILES string of the molecule is O=C(Nc1ccc(-n2cnnn2)cc1)c1cc(-c2ccco2)nn1-c1ccccc1. The number of rotatable bonds is 5. The van der Waals surface area contributed by atoms with Crippen LogP contribution in [-0.2, 0) is 0 Å². The summed E-state index contributed by atoms with van der Waals surface area (Å²) in [5.41, 5.74) is 3.15. The lowest BCUT2D eigenvalue weighted by molar-refractivity contribution is 0.101. The highest BCUT2D eigenvalue weighted by Gasteiger charge is 2.19. The lowest BCUT2D eigenvalue weighted by Crippen LogP contribution is -2.17. The third-order valence-corrected chi connectivity index (χ3v) is 4.46. The zero-order chi connectivity index (χ0) is 20.3. The number of para-hydroxylation sites is 1.